The van der Waals surface area contributed by atoms with Crippen molar-refractivity contribution >= 4 is 5.91 Å². The Labute approximate surface area is 107 Å². The standard InChI is InChI=1S/C14H16N2O2/c1-2-16(7-3-6-15)14(17)11-4-5-12-9-18-10-13(12)8-11/h4-5,8H,2-3,7,9-10H2,1H3. The van der Waals surface area contributed by atoms with Crippen LogP contribution in [0.2, 0.25) is 0 Å². The highest BCUT2D eigenvalue weighted by atomic mass is 16.5. The summed E-state index contributed by atoms with van der Waals surface area (Å²) in [5.41, 5.74) is 2.93. The number of hydrogen-bond donors (Lipinski definition) is 0. The molecule has 94 valence electrons. The van der Waals surface area contributed by atoms with E-state index in [1.54, 1.807) is 4.90 Å². The van der Waals surface area contributed by atoms with E-state index >= 15 is 0 Å². The molecular weight excluding hydrogens is 228 g/mol. The van der Waals surface area contributed by atoms with Gasteiger partial charge in [-0.15, -0.1) is 0 Å². The Morgan fingerprint density at radius 1 is 1.44 bits per heavy atom. The third-order valence-electron chi connectivity index (χ3n) is 3.13. The lowest BCUT2D eigenvalue weighted by Gasteiger charge is -2.19. The monoisotopic (exact) mass is 244 g/mol. The number of nitriles is 1. The molecule has 1 heterocycles. The third kappa shape index (κ3) is 2.52. The average Bonchev–Trinajstić information content (AvgIpc) is 2.86. The number of nitrogens with zero attached hydrogens (tertiary/aromatic N) is 2. The molecule has 18 heavy (non-hydrogen) atoms. The summed E-state index contributed by atoms with van der Waals surface area (Å²) in [7, 11) is 0. The second-order valence-electron chi connectivity index (χ2n) is 4.27. The first-order valence-corrected chi connectivity index (χ1v) is 6.12. The van der Waals surface area contributed by atoms with Crippen LogP contribution in [0.5, 0.6) is 0 Å². The fourth-order valence-electron chi connectivity index (χ4n) is 2.08. The number of amides is 1. The minimum Gasteiger partial charge on any atom is -0.372 e. The topological polar surface area (TPSA) is 53.3 Å². The molecule has 1 amide bonds. The quantitative estimate of drug-likeness (QED) is 0.815. The normalized spacial score (nSPS) is 12.9. The zero-order chi connectivity index (χ0) is 13.0. The second-order valence-corrected chi connectivity index (χ2v) is 4.27. The minimum atomic E-state index is -0.0116. The molecule has 4 nitrogen and oxygen atoms in total. The van der Waals surface area contributed by atoms with E-state index < -0.39 is 0 Å². The molecule has 1 aromatic rings. The van der Waals surface area contributed by atoms with E-state index in [2.05, 4.69) is 6.07 Å². The van der Waals surface area contributed by atoms with Crippen LogP contribution < -0.4 is 0 Å². The molecule has 0 aliphatic carbocycles. The first-order chi connectivity index (χ1) is 8.76. The van der Waals surface area contributed by atoms with Gasteiger partial charge in [0, 0.05) is 18.7 Å². The van der Waals surface area contributed by atoms with Gasteiger partial charge in [-0.25, -0.2) is 0 Å². The summed E-state index contributed by atoms with van der Waals surface area (Å²) in [6.07, 6.45) is 0.369. The van der Waals surface area contributed by atoms with Crippen molar-refractivity contribution in [3.63, 3.8) is 0 Å². The zero-order valence-electron chi connectivity index (χ0n) is 10.5. The van der Waals surface area contributed by atoms with Gasteiger partial charge in [-0.2, -0.15) is 5.26 Å². The van der Waals surface area contributed by atoms with E-state index in [-0.39, 0.29) is 5.91 Å². The van der Waals surface area contributed by atoms with Gasteiger partial charge < -0.3 is 9.64 Å². The molecule has 0 aromatic heterocycles. The van der Waals surface area contributed by atoms with Crippen molar-refractivity contribution in [3.8, 4) is 6.07 Å². The summed E-state index contributed by atoms with van der Waals surface area (Å²) in [6.45, 7) is 4.25. The lowest BCUT2D eigenvalue weighted by Crippen LogP contribution is -2.31. The number of benzene rings is 1. The molecule has 1 aliphatic rings. The Balaban J connectivity index is 2.15. The molecule has 0 radical (unpaired) electrons. The van der Waals surface area contributed by atoms with Crippen LogP contribution in [0.25, 0.3) is 0 Å². The van der Waals surface area contributed by atoms with Crippen LogP contribution in [0, 0.1) is 11.3 Å². The maximum Gasteiger partial charge on any atom is 0.253 e. The summed E-state index contributed by atoms with van der Waals surface area (Å²) in [4.78, 5) is 14.0. The average molecular weight is 244 g/mol. The van der Waals surface area contributed by atoms with Crippen molar-refractivity contribution in [3.05, 3.63) is 34.9 Å². The van der Waals surface area contributed by atoms with Crippen molar-refractivity contribution in [1.82, 2.24) is 4.90 Å². The molecule has 4 heteroatoms. The first-order valence-electron chi connectivity index (χ1n) is 6.12. The molecule has 0 N–H and O–H groups in total. The van der Waals surface area contributed by atoms with Gasteiger partial charge in [0.2, 0.25) is 0 Å². The largest absolute Gasteiger partial charge is 0.372 e. The van der Waals surface area contributed by atoms with Crippen LogP contribution in [0.15, 0.2) is 18.2 Å². The van der Waals surface area contributed by atoms with Crippen LogP contribution in [0.3, 0.4) is 0 Å². The van der Waals surface area contributed by atoms with E-state index in [0.717, 1.165) is 11.1 Å². The van der Waals surface area contributed by atoms with E-state index in [1.165, 1.54) is 0 Å². The SMILES string of the molecule is CCN(CCC#N)C(=O)c1ccc2c(c1)COC2. The maximum absolute atomic E-state index is 12.3. The smallest absolute Gasteiger partial charge is 0.253 e. The summed E-state index contributed by atoms with van der Waals surface area (Å²) in [5.74, 6) is -0.0116. The molecule has 0 atom stereocenters. The molecule has 0 saturated heterocycles. The predicted octanol–water partition coefficient (Wildman–Crippen LogP) is 2.09. The van der Waals surface area contributed by atoms with Crippen molar-refractivity contribution < 1.29 is 9.53 Å². The van der Waals surface area contributed by atoms with E-state index in [4.69, 9.17) is 10.00 Å². The number of carbonyl (C=O) groups excluding carboxylic acids is 1. The fraction of sp³-hybridized carbons (Fsp3) is 0.429. The number of rotatable bonds is 4. The van der Waals surface area contributed by atoms with Crippen LogP contribution in [0.4, 0.5) is 0 Å². The van der Waals surface area contributed by atoms with Gasteiger partial charge in [-0.1, -0.05) is 6.07 Å². The van der Waals surface area contributed by atoms with Gasteiger partial charge in [0.25, 0.3) is 5.91 Å². The zero-order valence-corrected chi connectivity index (χ0v) is 10.5. The molecule has 0 saturated carbocycles. The lowest BCUT2D eigenvalue weighted by molar-refractivity contribution is 0.0767. The maximum atomic E-state index is 12.3. The van der Waals surface area contributed by atoms with Gasteiger partial charge in [0.1, 0.15) is 0 Å². The molecule has 1 aromatic carbocycles. The Kier molecular flexibility index (Phi) is 3.96. The summed E-state index contributed by atoms with van der Waals surface area (Å²) in [6, 6.07) is 7.76. The van der Waals surface area contributed by atoms with Crippen molar-refractivity contribution in [1.29, 1.82) is 5.26 Å². The van der Waals surface area contributed by atoms with Gasteiger partial charge >= 0.3 is 0 Å². The van der Waals surface area contributed by atoms with Crippen LogP contribution >= 0.6 is 0 Å². The number of hydrogen-bond acceptors (Lipinski definition) is 3. The Morgan fingerprint density at radius 3 is 2.94 bits per heavy atom. The Morgan fingerprint density at radius 2 is 2.22 bits per heavy atom. The van der Waals surface area contributed by atoms with E-state index in [9.17, 15) is 4.79 Å². The number of carbonyl (C=O) groups is 1. The molecular formula is C14H16N2O2. The fourth-order valence-corrected chi connectivity index (χ4v) is 2.08. The van der Waals surface area contributed by atoms with Gasteiger partial charge in [-0.05, 0) is 30.2 Å². The first kappa shape index (κ1) is 12.6. The van der Waals surface area contributed by atoms with Gasteiger partial charge in [0.15, 0.2) is 0 Å². The summed E-state index contributed by atoms with van der Waals surface area (Å²) in [5, 5.41) is 8.59. The number of ether oxygens (including phenoxy) is 1. The highest BCUT2D eigenvalue weighted by Gasteiger charge is 2.17. The Hall–Kier alpha value is -1.86. The highest BCUT2D eigenvalue weighted by Crippen LogP contribution is 2.21. The van der Waals surface area contributed by atoms with Crippen molar-refractivity contribution in [2.75, 3.05) is 13.1 Å². The summed E-state index contributed by atoms with van der Waals surface area (Å²) < 4.78 is 5.33. The molecule has 1 aliphatic heterocycles. The lowest BCUT2D eigenvalue weighted by atomic mass is 10.1. The van der Waals surface area contributed by atoms with Crippen LogP contribution in [0.1, 0.15) is 34.8 Å². The molecule has 0 unspecified atom stereocenters. The Bertz CT molecular complexity index is 491. The van der Waals surface area contributed by atoms with Crippen LogP contribution in [-0.4, -0.2) is 23.9 Å². The summed E-state index contributed by atoms with van der Waals surface area (Å²) >= 11 is 0. The molecule has 0 spiro atoms. The highest BCUT2D eigenvalue weighted by molar-refractivity contribution is 5.94. The third-order valence-corrected chi connectivity index (χ3v) is 3.13. The van der Waals surface area contributed by atoms with Crippen LogP contribution in [-0.2, 0) is 18.0 Å². The van der Waals surface area contributed by atoms with Crippen molar-refractivity contribution in [2.45, 2.75) is 26.6 Å². The molecule has 0 fully saturated rings. The minimum absolute atomic E-state index is 0.0116. The van der Waals surface area contributed by atoms with Crippen molar-refractivity contribution in [2.24, 2.45) is 0 Å². The second kappa shape index (κ2) is 5.65. The van der Waals surface area contributed by atoms with E-state index in [0.29, 0.717) is 38.3 Å². The number of fused-ring (bicyclic) bond motifs is 1. The molecule has 2 rings (SSSR count). The van der Waals surface area contributed by atoms with E-state index in [1.807, 2.05) is 25.1 Å². The van der Waals surface area contributed by atoms with Gasteiger partial charge in [-0.3, -0.25) is 4.79 Å². The predicted molar refractivity (Wildman–Crippen MR) is 66.7 cm³/mol. The van der Waals surface area contributed by atoms with Gasteiger partial charge in [0.05, 0.1) is 25.7 Å². The molecule has 0 bridgehead atoms.